The second-order valence-electron chi connectivity index (χ2n) is 7.67. The molecule has 1 heterocycles. The van der Waals surface area contributed by atoms with Crippen molar-refractivity contribution in [2.45, 2.75) is 13.3 Å². The summed E-state index contributed by atoms with van der Waals surface area (Å²) < 4.78 is 6.78. The second kappa shape index (κ2) is 9.45. The lowest BCUT2D eigenvalue weighted by molar-refractivity contribution is 0.0987. The molecule has 5 nitrogen and oxygen atoms in total. The first-order valence-electron chi connectivity index (χ1n) is 10.5. The Morgan fingerprint density at radius 2 is 1.77 bits per heavy atom. The van der Waals surface area contributed by atoms with E-state index in [4.69, 9.17) is 9.72 Å². The number of aromatic nitrogens is 1. The molecule has 0 atom stereocenters. The summed E-state index contributed by atoms with van der Waals surface area (Å²) in [5.74, 6) is 0.737. The van der Waals surface area contributed by atoms with Gasteiger partial charge in [0.05, 0.1) is 11.3 Å². The van der Waals surface area contributed by atoms with Gasteiger partial charge in [0.25, 0.3) is 5.91 Å². The van der Waals surface area contributed by atoms with Crippen LogP contribution in [0.1, 0.15) is 23.7 Å². The van der Waals surface area contributed by atoms with Crippen molar-refractivity contribution in [2.24, 2.45) is 0 Å². The lowest BCUT2D eigenvalue weighted by atomic mass is 10.0. The van der Waals surface area contributed by atoms with Crippen LogP contribution in [0.25, 0.3) is 21.0 Å². The first-order valence-corrected chi connectivity index (χ1v) is 11.4. The summed E-state index contributed by atoms with van der Waals surface area (Å²) in [4.78, 5) is 22.6. The van der Waals surface area contributed by atoms with Gasteiger partial charge in [-0.1, -0.05) is 53.8 Å². The van der Waals surface area contributed by atoms with Crippen LogP contribution in [0.2, 0.25) is 0 Å². The topological polar surface area (TPSA) is 45.7 Å². The van der Waals surface area contributed by atoms with E-state index in [1.807, 2.05) is 86.6 Å². The molecule has 0 N–H and O–H groups in total. The zero-order valence-electron chi connectivity index (χ0n) is 18.2. The molecule has 0 bridgehead atoms. The van der Waals surface area contributed by atoms with Crippen LogP contribution < -0.4 is 9.64 Å². The molecule has 1 aromatic heterocycles. The van der Waals surface area contributed by atoms with Crippen molar-refractivity contribution >= 4 is 43.4 Å². The first-order chi connectivity index (χ1) is 15.1. The molecule has 3 aromatic carbocycles. The standard InChI is InChI=1S/C25H27N3O2S/c1-4-30-21-14-8-15-22-23(21)26-25(31-22)28(17-9-16-27(2)3)24(29)20-13-7-11-18-10-5-6-12-19(18)20/h5-8,10-15H,4,9,16-17H2,1-3H3. The van der Waals surface area contributed by atoms with Crippen LogP contribution in [0.4, 0.5) is 5.13 Å². The van der Waals surface area contributed by atoms with Crippen LogP contribution in [0, 0.1) is 0 Å². The summed E-state index contributed by atoms with van der Waals surface area (Å²) in [5, 5.41) is 2.73. The summed E-state index contributed by atoms with van der Waals surface area (Å²) >= 11 is 1.53. The van der Waals surface area contributed by atoms with E-state index in [1.165, 1.54) is 11.3 Å². The number of amides is 1. The number of hydrogen-bond acceptors (Lipinski definition) is 5. The average Bonchev–Trinajstić information content (AvgIpc) is 3.21. The molecule has 0 fully saturated rings. The van der Waals surface area contributed by atoms with Gasteiger partial charge in [0.2, 0.25) is 0 Å². The molecule has 0 aliphatic heterocycles. The highest BCUT2D eigenvalue weighted by Crippen LogP contribution is 2.35. The van der Waals surface area contributed by atoms with Crippen LogP contribution in [-0.2, 0) is 0 Å². The molecule has 31 heavy (non-hydrogen) atoms. The molecule has 0 saturated carbocycles. The highest BCUT2D eigenvalue weighted by atomic mass is 32.1. The Morgan fingerprint density at radius 3 is 2.58 bits per heavy atom. The Kier molecular flexibility index (Phi) is 6.49. The van der Waals surface area contributed by atoms with Gasteiger partial charge >= 0.3 is 0 Å². The molecule has 0 aliphatic carbocycles. The number of thiazole rings is 1. The summed E-state index contributed by atoms with van der Waals surface area (Å²) in [6, 6.07) is 19.8. The largest absolute Gasteiger partial charge is 0.492 e. The number of anilines is 1. The van der Waals surface area contributed by atoms with E-state index in [2.05, 4.69) is 4.90 Å². The molecule has 1 amide bonds. The third-order valence-corrected chi connectivity index (χ3v) is 6.20. The molecule has 4 rings (SSSR count). The first kappa shape index (κ1) is 21.3. The van der Waals surface area contributed by atoms with E-state index in [0.717, 1.165) is 39.7 Å². The van der Waals surface area contributed by atoms with E-state index >= 15 is 0 Å². The van der Waals surface area contributed by atoms with Crippen LogP contribution >= 0.6 is 11.3 Å². The fraction of sp³-hybridized carbons (Fsp3) is 0.280. The van der Waals surface area contributed by atoms with Crippen molar-refractivity contribution in [1.29, 1.82) is 0 Å². The van der Waals surface area contributed by atoms with E-state index in [0.29, 0.717) is 23.8 Å². The van der Waals surface area contributed by atoms with Crippen LogP contribution in [0.15, 0.2) is 60.7 Å². The predicted molar refractivity (Wildman–Crippen MR) is 130 cm³/mol. The van der Waals surface area contributed by atoms with Crippen LogP contribution in [-0.4, -0.2) is 49.6 Å². The van der Waals surface area contributed by atoms with Crippen molar-refractivity contribution in [3.05, 3.63) is 66.2 Å². The maximum Gasteiger partial charge on any atom is 0.260 e. The van der Waals surface area contributed by atoms with Crippen molar-refractivity contribution in [2.75, 3.05) is 38.7 Å². The van der Waals surface area contributed by atoms with Gasteiger partial charge in [-0.15, -0.1) is 0 Å². The zero-order chi connectivity index (χ0) is 21.8. The monoisotopic (exact) mass is 433 g/mol. The predicted octanol–water partition coefficient (Wildman–Crippen LogP) is 5.45. The van der Waals surface area contributed by atoms with Gasteiger partial charge < -0.3 is 9.64 Å². The highest BCUT2D eigenvalue weighted by molar-refractivity contribution is 7.22. The summed E-state index contributed by atoms with van der Waals surface area (Å²) in [6.07, 6.45) is 0.859. The van der Waals surface area contributed by atoms with Gasteiger partial charge in [-0.3, -0.25) is 9.69 Å². The number of carbonyl (C=O) groups excluding carboxylic acids is 1. The Labute approximate surface area is 186 Å². The Morgan fingerprint density at radius 1 is 1.00 bits per heavy atom. The minimum atomic E-state index is -0.0208. The second-order valence-corrected chi connectivity index (χ2v) is 8.68. The summed E-state index contributed by atoms with van der Waals surface area (Å²) in [6.45, 7) is 4.04. The molecule has 0 saturated heterocycles. The van der Waals surface area contributed by atoms with Gasteiger partial charge in [-0.05, 0) is 63.0 Å². The quantitative estimate of drug-likeness (QED) is 0.371. The van der Waals surface area contributed by atoms with Gasteiger partial charge in [-0.25, -0.2) is 4.98 Å². The maximum absolute atomic E-state index is 13.8. The van der Waals surface area contributed by atoms with E-state index in [9.17, 15) is 4.79 Å². The van der Waals surface area contributed by atoms with Crippen molar-refractivity contribution in [1.82, 2.24) is 9.88 Å². The lowest BCUT2D eigenvalue weighted by Gasteiger charge is -2.22. The Hall–Kier alpha value is -2.96. The number of fused-ring (bicyclic) bond motifs is 2. The molecule has 0 radical (unpaired) electrons. The fourth-order valence-corrected chi connectivity index (χ4v) is 4.69. The summed E-state index contributed by atoms with van der Waals surface area (Å²) in [7, 11) is 4.09. The fourth-order valence-electron chi connectivity index (χ4n) is 3.69. The molecular formula is C25H27N3O2S. The van der Waals surface area contributed by atoms with Gasteiger partial charge in [-0.2, -0.15) is 0 Å². The van der Waals surface area contributed by atoms with E-state index in [-0.39, 0.29) is 5.91 Å². The van der Waals surface area contributed by atoms with Crippen LogP contribution in [0.3, 0.4) is 0 Å². The van der Waals surface area contributed by atoms with E-state index in [1.54, 1.807) is 0 Å². The van der Waals surface area contributed by atoms with E-state index < -0.39 is 0 Å². The minimum Gasteiger partial charge on any atom is -0.492 e. The van der Waals surface area contributed by atoms with Gasteiger partial charge in [0.15, 0.2) is 5.13 Å². The lowest BCUT2D eigenvalue weighted by Crippen LogP contribution is -2.33. The smallest absolute Gasteiger partial charge is 0.260 e. The SMILES string of the molecule is CCOc1cccc2sc(N(CCCN(C)C)C(=O)c3cccc4ccccc34)nc12. The highest BCUT2D eigenvalue weighted by Gasteiger charge is 2.23. The van der Waals surface area contributed by atoms with Gasteiger partial charge in [0.1, 0.15) is 11.3 Å². The average molecular weight is 434 g/mol. The van der Waals surface area contributed by atoms with Crippen molar-refractivity contribution in [3.63, 3.8) is 0 Å². The molecular weight excluding hydrogens is 406 g/mol. The van der Waals surface area contributed by atoms with Crippen molar-refractivity contribution < 1.29 is 9.53 Å². The molecule has 6 heteroatoms. The zero-order valence-corrected chi connectivity index (χ0v) is 19.0. The minimum absolute atomic E-state index is 0.0208. The molecule has 4 aromatic rings. The molecule has 0 aliphatic rings. The van der Waals surface area contributed by atoms with Crippen molar-refractivity contribution in [3.8, 4) is 5.75 Å². The number of nitrogens with zero attached hydrogens (tertiary/aromatic N) is 3. The number of hydrogen-bond donors (Lipinski definition) is 0. The Balaban J connectivity index is 1.76. The number of benzene rings is 3. The number of para-hydroxylation sites is 1. The third-order valence-electron chi connectivity index (χ3n) is 5.15. The summed E-state index contributed by atoms with van der Waals surface area (Å²) in [5.41, 5.74) is 1.51. The molecule has 0 spiro atoms. The number of ether oxygens (including phenoxy) is 1. The normalized spacial score (nSPS) is 11.4. The maximum atomic E-state index is 13.8. The molecule has 160 valence electrons. The van der Waals surface area contributed by atoms with Gasteiger partial charge in [0, 0.05) is 12.1 Å². The Bertz CT molecular complexity index is 1200. The molecule has 0 unspecified atom stereocenters. The number of carbonyl (C=O) groups is 1. The number of rotatable bonds is 8. The van der Waals surface area contributed by atoms with Crippen LogP contribution in [0.5, 0.6) is 5.75 Å². The third kappa shape index (κ3) is 4.55.